The molecule has 0 aliphatic rings. The molecule has 0 saturated carbocycles. The molecule has 3 nitrogen and oxygen atoms in total. The molecular formula is C9H9IO3. The zero-order chi connectivity index (χ0) is 9.68. The molecule has 0 amide bonds. The van der Waals surface area contributed by atoms with Crippen LogP contribution in [-0.4, -0.2) is 6.16 Å². The van der Waals surface area contributed by atoms with Crippen molar-refractivity contribution in [3.8, 4) is 0 Å². The first-order chi connectivity index (χ1) is 6.22. The van der Waals surface area contributed by atoms with Crippen LogP contribution in [0.4, 0.5) is 4.79 Å². The lowest BCUT2D eigenvalue weighted by molar-refractivity contribution is 0.106. The number of hydrogen-bond donors (Lipinski definition) is 0. The van der Waals surface area contributed by atoms with Gasteiger partial charge in [0.2, 0.25) is 0 Å². The maximum Gasteiger partial charge on any atom is 0.518 e. The first kappa shape index (κ1) is 10.3. The van der Waals surface area contributed by atoms with E-state index in [0.29, 0.717) is 0 Å². The van der Waals surface area contributed by atoms with E-state index in [0.717, 1.165) is 11.1 Å². The number of rotatable bonds is 2. The SMILES string of the molecule is Cc1cccc(COC(=O)OI)c1. The Bertz CT molecular complexity index is 299. The van der Waals surface area contributed by atoms with E-state index >= 15 is 0 Å². The molecular weight excluding hydrogens is 283 g/mol. The normalized spacial score (nSPS) is 9.38. The molecule has 1 aromatic rings. The lowest BCUT2D eigenvalue weighted by atomic mass is 10.1. The fourth-order valence-electron chi connectivity index (χ4n) is 0.966. The van der Waals surface area contributed by atoms with Crippen molar-refractivity contribution >= 4 is 29.2 Å². The van der Waals surface area contributed by atoms with Crippen LogP contribution < -0.4 is 0 Å². The second-order valence-electron chi connectivity index (χ2n) is 2.60. The van der Waals surface area contributed by atoms with Crippen molar-refractivity contribution < 1.29 is 12.6 Å². The van der Waals surface area contributed by atoms with Gasteiger partial charge in [-0.05, 0) is 12.5 Å². The van der Waals surface area contributed by atoms with Gasteiger partial charge in [-0.25, -0.2) is 4.79 Å². The van der Waals surface area contributed by atoms with Crippen LogP contribution >= 0.6 is 23.0 Å². The summed E-state index contributed by atoms with van der Waals surface area (Å²) in [4.78, 5) is 10.6. The highest BCUT2D eigenvalue weighted by Gasteiger charge is 2.01. The Kier molecular flexibility index (Phi) is 4.01. The number of carbonyl (C=O) groups is 1. The Morgan fingerprint density at radius 3 is 2.92 bits per heavy atom. The maximum atomic E-state index is 10.6. The minimum Gasteiger partial charge on any atom is -0.429 e. The smallest absolute Gasteiger partial charge is 0.429 e. The number of halogens is 1. The summed E-state index contributed by atoms with van der Waals surface area (Å²) in [5.74, 6) is 0. The molecule has 0 saturated heterocycles. The molecule has 0 aliphatic carbocycles. The number of carbonyl (C=O) groups excluding carboxylic acids is 1. The van der Waals surface area contributed by atoms with Crippen LogP contribution in [0.2, 0.25) is 0 Å². The second kappa shape index (κ2) is 5.06. The third-order valence-corrected chi connectivity index (χ3v) is 1.86. The van der Waals surface area contributed by atoms with E-state index in [1.165, 1.54) is 23.0 Å². The molecule has 70 valence electrons. The molecule has 0 atom stereocenters. The molecule has 0 N–H and O–H groups in total. The summed E-state index contributed by atoms with van der Waals surface area (Å²) in [5, 5.41) is 0. The van der Waals surface area contributed by atoms with Gasteiger partial charge in [0.1, 0.15) is 6.61 Å². The summed E-state index contributed by atoms with van der Waals surface area (Å²) in [7, 11) is 0. The first-order valence-electron chi connectivity index (χ1n) is 3.73. The van der Waals surface area contributed by atoms with E-state index in [2.05, 4.69) is 3.07 Å². The van der Waals surface area contributed by atoms with Crippen molar-refractivity contribution in [2.45, 2.75) is 13.5 Å². The highest BCUT2D eigenvalue weighted by molar-refractivity contribution is 14.1. The standard InChI is InChI=1S/C9H9IO3/c1-7-3-2-4-8(5-7)6-12-9(11)13-10/h2-5H,6H2,1H3. The summed E-state index contributed by atoms with van der Waals surface area (Å²) in [5.41, 5.74) is 2.10. The van der Waals surface area contributed by atoms with Gasteiger partial charge in [-0.15, -0.1) is 0 Å². The molecule has 0 fully saturated rings. The zero-order valence-corrected chi connectivity index (χ0v) is 9.28. The largest absolute Gasteiger partial charge is 0.518 e. The molecule has 0 aromatic heterocycles. The summed E-state index contributed by atoms with van der Waals surface area (Å²) >= 11 is 1.49. The molecule has 0 unspecified atom stereocenters. The van der Waals surface area contributed by atoms with Gasteiger partial charge in [0.25, 0.3) is 0 Å². The molecule has 0 bridgehead atoms. The highest BCUT2D eigenvalue weighted by atomic mass is 127. The summed E-state index contributed by atoms with van der Waals surface area (Å²) in [6.45, 7) is 2.24. The van der Waals surface area contributed by atoms with Crippen molar-refractivity contribution in [2.75, 3.05) is 0 Å². The van der Waals surface area contributed by atoms with Crippen molar-refractivity contribution in [3.63, 3.8) is 0 Å². The molecule has 1 rings (SSSR count). The molecule has 0 aliphatic heterocycles. The quantitative estimate of drug-likeness (QED) is 0.621. The Hall–Kier alpha value is -0.780. The van der Waals surface area contributed by atoms with Gasteiger partial charge in [-0.2, -0.15) is 0 Å². The van der Waals surface area contributed by atoms with Gasteiger partial charge in [-0.1, -0.05) is 29.8 Å². The lowest BCUT2D eigenvalue weighted by Crippen LogP contribution is -2.01. The van der Waals surface area contributed by atoms with Crippen LogP contribution in [0, 0.1) is 6.92 Å². The third kappa shape index (κ3) is 3.63. The summed E-state index contributed by atoms with van der Waals surface area (Å²) < 4.78 is 9.07. The average Bonchev–Trinajstić information content (AvgIpc) is 2.14. The molecule has 0 spiro atoms. The fraction of sp³-hybridized carbons (Fsp3) is 0.222. The Morgan fingerprint density at radius 2 is 2.31 bits per heavy atom. The van der Waals surface area contributed by atoms with Crippen LogP contribution in [0.5, 0.6) is 0 Å². The second-order valence-corrected chi connectivity index (χ2v) is 3.05. The predicted molar refractivity (Wildman–Crippen MR) is 56.5 cm³/mol. The lowest BCUT2D eigenvalue weighted by Gasteiger charge is -2.02. The van der Waals surface area contributed by atoms with E-state index in [4.69, 9.17) is 4.74 Å². The topological polar surface area (TPSA) is 35.5 Å². The minimum atomic E-state index is -0.665. The predicted octanol–water partition coefficient (Wildman–Crippen LogP) is 3.00. The van der Waals surface area contributed by atoms with Crippen LogP contribution in [0.1, 0.15) is 11.1 Å². The van der Waals surface area contributed by atoms with E-state index < -0.39 is 6.16 Å². The number of benzene rings is 1. The zero-order valence-electron chi connectivity index (χ0n) is 7.12. The van der Waals surface area contributed by atoms with Crippen LogP contribution in [-0.2, 0) is 14.4 Å². The summed E-state index contributed by atoms with van der Waals surface area (Å²) in [6.07, 6.45) is -0.665. The minimum absolute atomic E-state index is 0.253. The molecule has 0 heterocycles. The van der Waals surface area contributed by atoms with Crippen molar-refractivity contribution in [1.82, 2.24) is 0 Å². The van der Waals surface area contributed by atoms with E-state index in [-0.39, 0.29) is 6.61 Å². The maximum absolute atomic E-state index is 10.6. The van der Waals surface area contributed by atoms with Crippen molar-refractivity contribution in [1.29, 1.82) is 0 Å². The highest BCUT2D eigenvalue weighted by Crippen LogP contribution is 2.06. The Morgan fingerprint density at radius 1 is 1.54 bits per heavy atom. The summed E-state index contributed by atoms with van der Waals surface area (Å²) in [6, 6.07) is 7.76. The van der Waals surface area contributed by atoms with E-state index in [1.807, 2.05) is 31.2 Å². The van der Waals surface area contributed by atoms with Gasteiger partial charge < -0.3 is 7.80 Å². The van der Waals surface area contributed by atoms with Gasteiger partial charge in [0, 0.05) is 0 Å². The Labute approximate surface area is 90.7 Å². The number of ether oxygens (including phenoxy) is 1. The van der Waals surface area contributed by atoms with Gasteiger partial charge in [0.15, 0.2) is 23.0 Å². The van der Waals surface area contributed by atoms with E-state index in [9.17, 15) is 4.79 Å². The Balaban J connectivity index is 2.50. The monoisotopic (exact) mass is 292 g/mol. The van der Waals surface area contributed by atoms with Gasteiger partial charge in [0.05, 0.1) is 0 Å². The van der Waals surface area contributed by atoms with Gasteiger partial charge in [-0.3, -0.25) is 0 Å². The molecule has 1 aromatic carbocycles. The third-order valence-electron chi connectivity index (χ3n) is 1.50. The molecule has 0 radical (unpaired) electrons. The molecule has 13 heavy (non-hydrogen) atoms. The first-order valence-corrected chi connectivity index (χ1v) is 4.61. The number of hydrogen-bond acceptors (Lipinski definition) is 3. The number of aryl methyl sites for hydroxylation is 1. The van der Waals surface area contributed by atoms with Gasteiger partial charge >= 0.3 is 6.16 Å². The van der Waals surface area contributed by atoms with Crippen molar-refractivity contribution in [2.24, 2.45) is 0 Å². The van der Waals surface area contributed by atoms with Crippen molar-refractivity contribution in [3.05, 3.63) is 35.4 Å². The van der Waals surface area contributed by atoms with Crippen LogP contribution in [0.25, 0.3) is 0 Å². The average molecular weight is 292 g/mol. The van der Waals surface area contributed by atoms with Crippen LogP contribution in [0.15, 0.2) is 24.3 Å². The fourth-order valence-corrected chi connectivity index (χ4v) is 1.09. The van der Waals surface area contributed by atoms with E-state index in [1.54, 1.807) is 0 Å². The molecule has 4 heteroatoms. The van der Waals surface area contributed by atoms with Crippen LogP contribution in [0.3, 0.4) is 0 Å².